The molecule has 4 nitrogen and oxygen atoms in total. The molecular formula is C12H26N2O2. The molecular weight excluding hydrogens is 204 g/mol. The third-order valence-electron chi connectivity index (χ3n) is 2.70. The molecule has 0 aliphatic carbocycles. The van der Waals surface area contributed by atoms with E-state index in [-0.39, 0.29) is 18.6 Å². The second kappa shape index (κ2) is 9.60. The van der Waals surface area contributed by atoms with Gasteiger partial charge in [0, 0.05) is 19.1 Å². The summed E-state index contributed by atoms with van der Waals surface area (Å²) in [4.78, 5) is 11.6. The van der Waals surface area contributed by atoms with E-state index in [0.29, 0.717) is 25.3 Å². The van der Waals surface area contributed by atoms with Crippen molar-refractivity contribution in [1.29, 1.82) is 0 Å². The zero-order valence-corrected chi connectivity index (χ0v) is 10.5. The van der Waals surface area contributed by atoms with E-state index in [1.54, 1.807) is 0 Å². The Hall–Kier alpha value is -0.610. The van der Waals surface area contributed by atoms with Gasteiger partial charge in [-0.25, -0.2) is 0 Å². The van der Waals surface area contributed by atoms with Crippen molar-refractivity contribution in [3.8, 4) is 0 Å². The van der Waals surface area contributed by atoms with E-state index < -0.39 is 0 Å². The van der Waals surface area contributed by atoms with E-state index >= 15 is 0 Å². The first kappa shape index (κ1) is 15.4. The predicted octanol–water partition coefficient (Wildman–Crippen LogP) is 1.03. The van der Waals surface area contributed by atoms with Gasteiger partial charge >= 0.3 is 0 Å². The smallest absolute Gasteiger partial charge is 0.220 e. The van der Waals surface area contributed by atoms with Crippen molar-refractivity contribution in [2.75, 3.05) is 13.2 Å². The van der Waals surface area contributed by atoms with Crippen LogP contribution in [0.4, 0.5) is 0 Å². The lowest BCUT2D eigenvalue weighted by atomic mass is 10.0. The third-order valence-corrected chi connectivity index (χ3v) is 2.70. The molecule has 0 spiro atoms. The van der Waals surface area contributed by atoms with Crippen molar-refractivity contribution in [3.05, 3.63) is 0 Å². The maximum Gasteiger partial charge on any atom is 0.220 e. The SMILES string of the molecule is CC(C)C(CCO)NC(=O)CCCCCN. The summed E-state index contributed by atoms with van der Waals surface area (Å²) >= 11 is 0. The van der Waals surface area contributed by atoms with Gasteiger partial charge in [0.15, 0.2) is 0 Å². The van der Waals surface area contributed by atoms with E-state index in [9.17, 15) is 4.79 Å². The molecule has 4 heteroatoms. The van der Waals surface area contributed by atoms with Crippen LogP contribution in [0.5, 0.6) is 0 Å². The number of nitrogens with one attached hydrogen (secondary N) is 1. The molecule has 1 unspecified atom stereocenters. The van der Waals surface area contributed by atoms with Crippen LogP contribution in [0, 0.1) is 5.92 Å². The molecule has 0 aromatic rings. The molecule has 0 saturated carbocycles. The van der Waals surface area contributed by atoms with Crippen LogP contribution in [0.2, 0.25) is 0 Å². The van der Waals surface area contributed by atoms with Crippen LogP contribution in [0.1, 0.15) is 46.0 Å². The van der Waals surface area contributed by atoms with Crippen molar-refractivity contribution < 1.29 is 9.90 Å². The second-order valence-electron chi connectivity index (χ2n) is 4.53. The lowest BCUT2D eigenvalue weighted by molar-refractivity contribution is -0.122. The molecule has 0 saturated heterocycles. The fourth-order valence-corrected chi connectivity index (χ4v) is 1.60. The van der Waals surface area contributed by atoms with Crippen molar-refractivity contribution >= 4 is 5.91 Å². The summed E-state index contributed by atoms with van der Waals surface area (Å²) < 4.78 is 0. The Labute approximate surface area is 98.6 Å². The average molecular weight is 230 g/mol. The van der Waals surface area contributed by atoms with Gasteiger partial charge in [0.25, 0.3) is 0 Å². The van der Waals surface area contributed by atoms with Crippen LogP contribution in [-0.2, 0) is 4.79 Å². The number of amides is 1. The van der Waals surface area contributed by atoms with Gasteiger partial charge in [-0.1, -0.05) is 20.3 Å². The van der Waals surface area contributed by atoms with E-state index in [2.05, 4.69) is 19.2 Å². The molecule has 4 N–H and O–H groups in total. The summed E-state index contributed by atoms with van der Waals surface area (Å²) in [5.41, 5.74) is 5.38. The molecule has 0 radical (unpaired) electrons. The molecule has 0 aliphatic rings. The molecule has 0 aliphatic heterocycles. The highest BCUT2D eigenvalue weighted by Crippen LogP contribution is 2.07. The molecule has 0 rings (SSSR count). The fourth-order valence-electron chi connectivity index (χ4n) is 1.60. The topological polar surface area (TPSA) is 75.3 Å². The minimum atomic E-state index is 0.0872. The van der Waals surface area contributed by atoms with E-state index in [0.717, 1.165) is 19.3 Å². The Morgan fingerprint density at radius 3 is 2.50 bits per heavy atom. The Morgan fingerprint density at radius 1 is 1.31 bits per heavy atom. The van der Waals surface area contributed by atoms with Gasteiger partial charge in [-0.3, -0.25) is 4.79 Å². The lowest BCUT2D eigenvalue weighted by Crippen LogP contribution is -2.39. The van der Waals surface area contributed by atoms with Gasteiger partial charge in [0.05, 0.1) is 0 Å². The Bertz CT molecular complexity index is 184. The molecule has 1 atom stereocenters. The minimum absolute atomic E-state index is 0.0872. The summed E-state index contributed by atoms with van der Waals surface area (Å²) in [6.45, 7) is 4.92. The molecule has 1 amide bonds. The van der Waals surface area contributed by atoms with Crippen LogP contribution in [0.15, 0.2) is 0 Å². The zero-order chi connectivity index (χ0) is 12.4. The van der Waals surface area contributed by atoms with Crippen LogP contribution < -0.4 is 11.1 Å². The van der Waals surface area contributed by atoms with Crippen molar-refractivity contribution in [2.24, 2.45) is 11.7 Å². The summed E-state index contributed by atoms with van der Waals surface area (Å²) in [7, 11) is 0. The molecule has 0 aromatic heterocycles. The highest BCUT2D eigenvalue weighted by atomic mass is 16.3. The maximum absolute atomic E-state index is 11.6. The van der Waals surface area contributed by atoms with E-state index in [1.807, 2.05) is 0 Å². The van der Waals surface area contributed by atoms with Crippen LogP contribution in [0.25, 0.3) is 0 Å². The highest BCUT2D eigenvalue weighted by Gasteiger charge is 2.14. The Morgan fingerprint density at radius 2 is 2.00 bits per heavy atom. The monoisotopic (exact) mass is 230 g/mol. The first-order chi connectivity index (χ1) is 7.61. The molecule has 0 heterocycles. The number of unbranched alkanes of at least 4 members (excludes halogenated alkanes) is 2. The van der Waals surface area contributed by atoms with Gasteiger partial charge in [-0.05, 0) is 31.7 Å². The first-order valence-electron chi connectivity index (χ1n) is 6.22. The van der Waals surface area contributed by atoms with E-state index in [1.165, 1.54) is 0 Å². The minimum Gasteiger partial charge on any atom is -0.396 e. The average Bonchev–Trinajstić information content (AvgIpc) is 2.23. The number of carbonyl (C=O) groups excluding carboxylic acids is 1. The summed E-state index contributed by atoms with van der Waals surface area (Å²) in [6, 6.07) is 0.0898. The zero-order valence-electron chi connectivity index (χ0n) is 10.5. The summed E-state index contributed by atoms with van der Waals surface area (Å²) in [5, 5.41) is 11.8. The summed E-state index contributed by atoms with van der Waals surface area (Å²) in [5.74, 6) is 0.448. The number of aliphatic hydroxyl groups excluding tert-OH is 1. The largest absolute Gasteiger partial charge is 0.396 e. The number of carbonyl (C=O) groups is 1. The van der Waals surface area contributed by atoms with Crippen LogP contribution in [0.3, 0.4) is 0 Å². The summed E-state index contributed by atoms with van der Waals surface area (Å²) in [6.07, 6.45) is 4.08. The highest BCUT2D eigenvalue weighted by molar-refractivity contribution is 5.76. The number of hydrogen-bond donors (Lipinski definition) is 3. The fraction of sp³-hybridized carbons (Fsp3) is 0.917. The number of aliphatic hydroxyl groups is 1. The van der Waals surface area contributed by atoms with Gasteiger partial charge in [0.1, 0.15) is 0 Å². The van der Waals surface area contributed by atoms with Crippen LogP contribution >= 0.6 is 0 Å². The van der Waals surface area contributed by atoms with Gasteiger partial charge in [0.2, 0.25) is 5.91 Å². The third kappa shape index (κ3) is 7.65. The molecule has 0 fully saturated rings. The Balaban J connectivity index is 3.73. The number of hydrogen-bond acceptors (Lipinski definition) is 3. The number of nitrogens with two attached hydrogens (primary N) is 1. The lowest BCUT2D eigenvalue weighted by Gasteiger charge is -2.21. The van der Waals surface area contributed by atoms with Gasteiger partial charge in [-0.15, -0.1) is 0 Å². The maximum atomic E-state index is 11.6. The molecule has 0 bridgehead atoms. The van der Waals surface area contributed by atoms with Gasteiger partial charge in [-0.2, -0.15) is 0 Å². The van der Waals surface area contributed by atoms with Crippen LogP contribution in [-0.4, -0.2) is 30.2 Å². The normalized spacial score (nSPS) is 12.8. The quantitative estimate of drug-likeness (QED) is 0.518. The van der Waals surface area contributed by atoms with Crippen molar-refractivity contribution in [2.45, 2.75) is 52.0 Å². The molecule has 96 valence electrons. The second-order valence-corrected chi connectivity index (χ2v) is 4.53. The first-order valence-corrected chi connectivity index (χ1v) is 6.22. The van der Waals surface area contributed by atoms with Gasteiger partial charge < -0.3 is 16.2 Å². The molecule has 0 aromatic carbocycles. The van der Waals surface area contributed by atoms with Crippen molar-refractivity contribution in [1.82, 2.24) is 5.32 Å². The predicted molar refractivity (Wildman–Crippen MR) is 66.0 cm³/mol. The number of rotatable bonds is 9. The Kier molecular flexibility index (Phi) is 9.24. The van der Waals surface area contributed by atoms with E-state index in [4.69, 9.17) is 10.8 Å². The van der Waals surface area contributed by atoms with Crippen molar-refractivity contribution in [3.63, 3.8) is 0 Å². The molecule has 16 heavy (non-hydrogen) atoms. The standard InChI is InChI=1S/C12H26N2O2/c1-10(2)11(7-9-15)14-12(16)6-4-3-5-8-13/h10-11,15H,3-9,13H2,1-2H3,(H,14,16).